The van der Waals surface area contributed by atoms with Gasteiger partial charge in [0.25, 0.3) is 0 Å². The Kier molecular flexibility index (Phi) is 5.03. The van der Waals surface area contributed by atoms with Gasteiger partial charge in [-0.1, -0.05) is 0 Å². The zero-order valence-corrected chi connectivity index (χ0v) is 14.4. The highest BCUT2D eigenvalue weighted by molar-refractivity contribution is 6.49. The fraction of sp³-hybridized carbons (Fsp3) is 0.100. The number of aliphatic hydroxyl groups is 1. The zero-order valence-electron chi connectivity index (χ0n) is 14.4. The lowest BCUT2D eigenvalue weighted by Gasteiger charge is -2.15. The van der Waals surface area contributed by atoms with Crippen LogP contribution in [0.5, 0.6) is 11.5 Å². The molecule has 0 amide bonds. The molecule has 0 heterocycles. The predicted molar refractivity (Wildman–Crippen MR) is 101 cm³/mol. The third-order valence-corrected chi connectivity index (χ3v) is 3.77. The summed E-state index contributed by atoms with van der Waals surface area (Å²) < 4.78 is 10.2. The summed E-state index contributed by atoms with van der Waals surface area (Å²) >= 11 is 0. The molecule has 0 aliphatic heterocycles. The predicted octanol–water partition coefficient (Wildman–Crippen LogP) is 3.80. The van der Waals surface area contributed by atoms with Gasteiger partial charge < -0.3 is 19.9 Å². The third kappa shape index (κ3) is 3.92. The number of carbonyl (C=O) groups is 1. The van der Waals surface area contributed by atoms with E-state index in [0.29, 0.717) is 17.1 Å². The Bertz CT molecular complexity index is 894. The van der Waals surface area contributed by atoms with Crippen molar-refractivity contribution in [2.45, 2.75) is 0 Å². The van der Waals surface area contributed by atoms with Crippen molar-refractivity contribution in [3.63, 3.8) is 0 Å². The van der Waals surface area contributed by atoms with Gasteiger partial charge in [0.2, 0.25) is 5.78 Å². The molecular weight excluding hydrogens is 332 g/mol. The summed E-state index contributed by atoms with van der Waals surface area (Å²) in [5.41, 5.74) is 1.98. The van der Waals surface area contributed by atoms with Crippen LogP contribution in [0.1, 0.15) is 0 Å². The van der Waals surface area contributed by atoms with Crippen LogP contribution in [0, 0.1) is 0 Å². The number of carbonyl (C=O) groups excluding carboxylic acids is 1. The number of aliphatic imine (C=N–C) groups is 1. The molecular formula is C20H18N2O4. The summed E-state index contributed by atoms with van der Waals surface area (Å²) in [6.07, 6.45) is 2.67. The first-order valence-electron chi connectivity index (χ1n) is 7.90. The number of nitrogens with zero attached hydrogens (tertiary/aromatic N) is 1. The summed E-state index contributed by atoms with van der Waals surface area (Å²) in [5, 5.41) is 13.1. The minimum Gasteiger partial charge on any atom is -0.506 e. The monoisotopic (exact) mass is 350 g/mol. The van der Waals surface area contributed by atoms with E-state index in [4.69, 9.17) is 9.47 Å². The van der Waals surface area contributed by atoms with Crippen LogP contribution in [0.25, 0.3) is 0 Å². The van der Waals surface area contributed by atoms with Gasteiger partial charge >= 0.3 is 0 Å². The number of hydrogen-bond donors (Lipinski definition) is 2. The Balaban J connectivity index is 1.85. The molecule has 3 rings (SSSR count). The first kappa shape index (κ1) is 17.3. The highest BCUT2D eigenvalue weighted by Gasteiger charge is 2.18. The van der Waals surface area contributed by atoms with Crippen molar-refractivity contribution in [3.8, 4) is 11.5 Å². The fourth-order valence-corrected chi connectivity index (χ4v) is 2.37. The van der Waals surface area contributed by atoms with E-state index in [1.807, 2.05) is 12.1 Å². The van der Waals surface area contributed by atoms with Gasteiger partial charge in [0.15, 0.2) is 0 Å². The van der Waals surface area contributed by atoms with Crippen LogP contribution >= 0.6 is 0 Å². The summed E-state index contributed by atoms with van der Waals surface area (Å²) in [6, 6.07) is 14.2. The lowest BCUT2D eigenvalue weighted by molar-refractivity contribution is -0.109. The maximum Gasteiger partial charge on any atom is 0.208 e. The van der Waals surface area contributed by atoms with E-state index in [9.17, 15) is 9.90 Å². The Hall–Kier alpha value is -3.54. The van der Waals surface area contributed by atoms with Crippen molar-refractivity contribution in [3.05, 3.63) is 72.1 Å². The van der Waals surface area contributed by atoms with Crippen LogP contribution in [0.4, 0.5) is 11.4 Å². The van der Waals surface area contributed by atoms with Crippen LogP contribution in [0.15, 0.2) is 77.1 Å². The first-order valence-corrected chi connectivity index (χ1v) is 7.90. The topological polar surface area (TPSA) is 80.2 Å². The van der Waals surface area contributed by atoms with Gasteiger partial charge in [0, 0.05) is 11.8 Å². The lowest BCUT2D eigenvalue weighted by Crippen LogP contribution is -2.18. The largest absolute Gasteiger partial charge is 0.506 e. The molecule has 6 nitrogen and oxygen atoms in total. The average Bonchev–Trinajstić information content (AvgIpc) is 2.66. The fourth-order valence-electron chi connectivity index (χ4n) is 2.37. The highest BCUT2D eigenvalue weighted by atomic mass is 16.5. The van der Waals surface area contributed by atoms with E-state index in [-0.39, 0.29) is 17.3 Å². The quantitative estimate of drug-likeness (QED) is 0.802. The molecule has 0 saturated heterocycles. The number of methoxy groups -OCH3 is 2. The van der Waals surface area contributed by atoms with E-state index >= 15 is 0 Å². The maximum absolute atomic E-state index is 12.1. The number of ketones is 1. The second-order valence-electron chi connectivity index (χ2n) is 5.50. The van der Waals surface area contributed by atoms with Gasteiger partial charge in [-0.25, -0.2) is 4.99 Å². The van der Waals surface area contributed by atoms with Gasteiger partial charge in [-0.05, 0) is 54.6 Å². The summed E-state index contributed by atoms with van der Waals surface area (Å²) in [4.78, 5) is 16.5. The molecule has 26 heavy (non-hydrogen) atoms. The molecule has 1 aliphatic carbocycles. The number of hydrogen-bond acceptors (Lipinski definition) is 6. The van der Waals surface area contributed by atoms with Crippen LogP contribution < -0.4 is 14.8 Å². The molecule has 2 aromatic carbocycles. The van der Waals surface area contributed by atoms with Gasteiger partial charge in [0.05, 0.1) is 25.6 Å². The number of anilines is 1. The van der Waals surface area contributed by atoms with E-state index in [0.717, 1.165) is 17.5 Å². The van der Waals surface area contributed by atoms with Crippen LogP contribution in [0.2, 0.25) is 0 Å². The molecule has 0 saturated carbocycles. The minimum absolute atomic E-state index is 0.139. The standard InChI is InChI=1S/C20H18N2O4/c1-25-15-7-3-13(4-8-15)21-17-11-18(20(24)12-19(17)23)22-14-5-9-16(26-2)10-6-14/h3-12,21,23H,1-2H3. The van der Waals surface area contributed by atoms with Crippen molar-refractivity contribution >= 4 is 22.9 Å². The minimum atomic E-state index is -0.362. The molecule has 0 spiro atoms. The van der Waals surface area contributed by atoms with Gasteiger partial charge in [-0.2, -0.15) is 0 Å². The zero-order chi connectivity index (χ0) is 18.5. The molecule has 0 radical (unpaired) electrons. The molecule has 0 atom stereocenters. The second-order valence-corrected chi connectivity index (χ2v) is 5.50. The number of rotatable bonds is 5. The Morgan fingerprint density at radius 2 is 1.46 bits per heavy atom. The molecule has 2 aromatic rings. The SMILES string of the molecule is COc1ccc(N=C2C=C(Nc3ccc(OC)cc3)C(O)=CC2=O)cc1. The summed E-state index contributed by atoms with van der Waals surface area (Å²) in [7, 11) is 3.17. The summed E-state index contributed by atoms with van der Waals surface area (Å²) in [6.45, 7) is 0. The number of nitrogens with one attached hydrogen (secondary N) is 1. The van der Waals surface area contributed by atoms with Crippen molar-refractivity contribution < 1.29 is 19.4 Å². The normalized spacial score (nSPS) is 15.3. The highest BCUT2D eigenvalue weighted by Crippen LogP contribution is 2.23. The summed E-state index contributed by atoms with van der Waals surface area (Å²) in [5.74, 6) is 0.932. The van der Waals surface area contributed by atoms with Crippen LogP contribution in [-0.2, 0) is 4.79 Å². The molecule has 0 bridgehead atoms. The van der Waals surface area contributed by atoms with Crippen molar-refractivity contribution in [2.75, 3.05) is 19.5 Å². The molecule has 132 valence electrons. The van der Waals surface area contributed by atoms with E-state index in [1.165, 1.54) is 6.08 Å². The van der Waals surface area contributed by atoms with Gasteiger partial charge in [-0.15, -0.1) is 0 Å². The molecule has 0 fully saturated rings. The number of allylic oxidation sites excluding steroid dienone is 2. The average molecular weight is 350 g/mol. The Morgan fingerprint density at radius 1 is 0.885 bits per heavy atom. The van der Waals surface area contributed by atoms with E-state index in [1.54, 1.807) is 50.6 Å². The number of ether oxygens (including phenoxy) is 2. The molecule has 1 aliphatic rings. The van der Waals surface area contributed by atoms with E-state index in [2.05, 4.69) is 10.3 Å². The molecule has 6 heteroatoms. The lowest BCUT2D eigenvalue weighted by atomic mass is 10.1. The number of aliphatic hydroxyl groups excluding tert-OH is 1. The molecule has 0 unspecified atom stereocenters. The van der Waals surface area contributed by atoms with E-state index < -0.39 is 0 Å². The first-order chi connectivity index (χ1) is 12.6. The third-order valence-electron chi connectivity index (χ3n) is 3.77. The van der Waals surface area contributed by atoms with Crippen molar-refractivity contribution in [1.29, 1.82) is 0 Å². The van der Waals surface area contributed by atoms with Crippen LogP contribution in [0.3, 0.4) is 0 Å². The van der Waals surface area contributed by atoms with Gasteiger partial charge in [0.1, 0.15) is 23.0 Å². The van der Waals surface area contributed by atoms with Gasteiger partial charge in [-0.3, -0.25) is 4.79 Å². The maximum atomic E-state index is 12.1. The molecule has 2 N–H and O–H groups in total. The Labute approximate surface area is 151 Å². The Morgan fingerprint density at radius 3 is 2.04 bits per heavy atom. The number of benzene rings is 2. The molecule has 0 aromatic heterocycles. The van der Waals surface area contributed by atoms with Crippen molar-refractivity contribution in [1.82, 2.24) is 0 Å². The second kappa shape index (κ2) is 7.57. The van der Waals surface area contributed by atoms with Crippen molar-refractivity contribution in [2.24, 2.45) is 4.99 Å². The smallest absolute Gasteiger partial charge is 0.208 e. The van der Waals surface area contributed by atoms with Crippen LogP contribution in [-0.4, -0.2) is 30.8 Å².